The van der Waals surface area contributed by atoms with Crippen molar-refractivity contribution in [1.82, 2.24) is 19.6 Å². The SMILES string of the molecule is Cc1ccccc1N1C[C@@H]2C[C@H]1CN2c1ccnc2ncnn12. The first-order valence-corrected chi connectivity index (χ1v) is 8.05. The minimum absolute atomic E-state index is 0.523. The minimum Gasteiger partial charge on any atom is -0.364 e. The number of hydrogen-bond acceptors (Lipinski definition) is 5. The third-order valence-corrected chi connectivity index (χ3v) is 5.12. The molecule has 2 fully saturated rings. The molecule has 0 radical (unpaired) electrons. The maximum absolute atomic E-state index is 4.33. The number of aryl methyl sites for hydroxylation is 1. The lowest BCUT2D eigenvalue weighted by Gasteiger charge is -2.37. The molecular formula is C17H18N6. The summed E-state index contributed by atoms with van der Waals surface area (Å²) in [6.45, 7) is 4.28. The Hall–Kier alpha value is -2.63. The largest absolute Gasteiger partial charge is 0.364 e. The van der Waals surface area contributed by atoms with Crippen LogP contribution in [-0.2, 0) is 0 Å². The fourth-order valence-corrected chi connectivity index (χ4v) is 4.07. The van der Waals surface area contributed by atoms with Gasteiger partial charge in [0.05, 0.1) is 6.04 Å². The zero-order chi connectivity index (χ0) is 15.4. The minimum atomic E-state index is 0.523. The molecule has 2 atom stereocenters. The Bertz CT molecular complexity index is 872. The molecular weight excluding hydrogens is 288 g/mol. The van der Waals surface area contributed by atoms with E-state index in [1.165, 1.54) is 17.7 Å². The van der Waals surface area contributed by atoms with Gasteiger partial charge in [-0.05, 0) is 31.0 Å². The standard InChI is InChI=1S/C17H18N6/c1-12-4-2-3-5-15(12)21-9-14-8-13(21)10-22(14)16-6-7-18-17-19-11-20-23(16)17/h2-7,11,13-14H,8-10H2,1H3/t13-,14-/m0/s1. The molecule has 2 saturated heterocycles. The number of nitrogens with zero attached hydrogens (tertiary/aromatic N) is 6. The normalized spacial score (nSPS) is 23.2. The first-order valence-electron chi connectivity index (χ1n) is 8.05. The number of rotatable bonds is 2. The van der Waals surface area contributed by atoms with Gasteiger partial charge in [-0.2, -0.15) is 14.6 Å². The third-order valence-electron chi connectivity index (χ3n) is 5.12. The number of piperazine rings is 1. The summed E-state index contributed by atoms with van der Waals surface area (Å²) in [5, 5.41) is 4.33. The molecule has 116 valence electrons. The van der Waals surface area contributed by atoms with E-state index in [0.717, 1.165) is 18.9 Å². The van der Waals surface area contributed by atoms with Gasteiger partial charge in [0.25, 0.3) is 5.78 Å². The Morgan fingerprint density at radius 3 is 2.65 bits per heavy atom. The van der Waals surface area contributed by atoms with Crippen LogP contribution in [-0.4, -0.2) is 44.8 Å². The molecule has 5 rings (SSSR count). The van der Waals surface area contributed by atoms with Crippen LogP contribution in [0.5, 0.6) is 0 Å². The van der Waals surface area contributed by atoms with Crippen LogP contribution in [0, 0.1) is 6.92 Å². The number of para-hydroxylation sites is 1. The van der Waals surface area contributed by atoms with Crippen molar-refractivity contribution in [2.75, 3.05) is 22.9 Å². The van der Waals surface area contributed by atoms with E-state index in [-0.39, 0.29) is 0 Å². The van der Waals surface area contributed by atoms with Crippen molar-refractivity contribution in [2.24, 2.45) is 0 Å². The Balaban J connectivity index is 1.47. The molecule has 4 heterocycles. The summed E-state index contributed by atoms with van der Waals surface area (Å²) >= 11 is 0. The molecule has 0 aliphatic carbocycles. The van der Waals surface area contributed by atoms with Crippen molar-refractivity contribution in [3.8, 4) is 0 Å². The van der Waals surface area contributed by atoms with Gasteiger partial charge in [0.15, 0.2) is 0 Å². The predicted octanol–water partition coefficient (Wildman–Crippen LogP) is 1.90. The average Bonchev–Trinajstić information content (AvgIpc) is 3.29. The highest BCUT2D eigenvalue weighted by Gasteiger charge is 2.44. The number of anilines is 2. The summed E-state index contributed by atoms with van der Waals surface area (Å²) in [5.74, 6) is 1.77. The third kappa shape index (κ3) is 1.84. The zero-order valence-electron chi connectivity index (χ0n) is 13.0. The molecule has 6 nitrogen and oxygen atoms in total. The number of aromatic nitrogens is 4. The van der Waals surface area contributed by atoms with Crippen LogP contribution in [0.25, 0.3) is 5.78 Å². The molecule has 2 aromatic heterocycles. The highest BCUT2D eigenvalue weighted by molar-refractivity contribution is 5.59. The Morgan fingerprint density at radius 1 is 1.00 bits per heavy atom. The summed E-state index contributed by atoms with van der Waals surface area (Å²) in [6.07, 6.45) is 4.59. The molecule has 0 saturated carbocycles. The molecule has 2 aliphatic heterocycles. The number of fused-ring (bicyclic) bond motifs is 3. The summed E-state index contributed by atoms with van der Waals surface area (Å²) in [5.41, 5.74) is 2.73. The van der Waals surface area contributed by atoms with Gasteiger partial charge in [-0.1, -0.05) is 18.2 Å². The van der Waals surface area contributed by atoms with Crippen LogP contribution >= 0.6 is 0 Å². The first-order chi connectivity index (χ1) is 11.3. The molecule has 0 N–H and O–H groups in total. The van der Waals surface area contributed by atoms with Gasteiger partial charge in [-0.3, -0.25) is 0 Å². The van der Waals surface area contributed by atoms with E-state index in [4.69, 9.17) is 0 Å². The molecule has 3 aromatic rings. The van der Waals surface area contributed by atoms with E-state index >= 15 is 0 Å². The van der Waals surface area contributed by atoms with Gasteiger partial charge < -0.3 is 9.80 Å². The van der Waals surface area contributed by atoms with Crippen molar-refractivity contribution < 1.29 is 0 Å². The van der Waals surface area contributed by atoms with Gasteiger partial charge in [0, 0.05) is 31.0 Å². The summed E-state index contributed by atoms with van der Waals surface area (Å²) in [6, 6.07) is 11.8. The van der Waals surface area contributed by atoms with Gasteiger partial charge in [-0.15, -0.1) is 0 Å². The van der Waals surface area contributed by atoms with E-state index in [0.29, 0.717) is 17.9 Å². The molecule has 2 aliphatic rings. The van der Waals surface area contributed by atoms with E-state index in [1.807, 2.05) is 16.8 Å². The van der Waals surface area contributed by atoms with Gasteiger partial charge in [-0.25, -0.2) is 4.98 Å². The van der Waals surface area contributed by atoms with Crippen molar-refractivity contribution in [3.63, 3.8) is 0 Å². The van der Waals surface area contributed by atoms with Gasteiger partial charge in [0.1, 0.15) is 12.1 Å². The molecule has 1 aromatic carbocycles. The fourth-order valence-electron chi connectivity index (χ4n) is 4.07. The Morgan fingerprint density at radius 2 is 1.83 bits per heavy atom. The summed E-state index contributed by atoms with van der Waals surface area (Å²) in [4.78, 5) is 13.5. The summed E-state index contributed by atoms with van der Waals surface area (Å²) < 4.78 is 1.85. The van der Waals surface area contributed by atoms with Crippen molar-refractivity contribution in [3.05, 3.63) is 48.4 Å². The fraction of sp³-hybridized carbons (Fsp3) is 0.353. The molecule has 0 spiro atoms. The van der Waals surface area contributed by atoms with Gasteiger partial charge >= 0.3 is 0 Å². The molecule has 0 unspecified atom stereocenters. The molecule has 0 amide bonds. The lowest BCUT2D eigenvalue weighted by Crippen LogP contribution is -2.47. The molecule has 6 heteroatoms. The Labute approximate surface area is 134 Å². The maximum atomic E-state index is 4.33. The highest BCUT2D eigenvalue weighted by Crippen LogP contribution is 2.38. The van der Waals surface area contributed by atoms with Crippen LogP contribution in [0.4, 0.5) is 11.5 Å². The number of hydrogen-bond donors (Lipinski definition) is 0. The van der Waals surface area contributed by atoms with Crippen LogP contribution in [0.3, 0.4) is 0 Å². The second kappa shape index (κ2) is 4.68. The smallest absolute Gasteiger partial charge is 0.254 e. The maximum Gasteiger partial charge on any atom is 0.254 e. The Kier molecular flexibility index (Phi) is 2.62. The first kappa shape index (κ1) is 12.9. The predicted molar refractivity (Wildman–Crippen MR) is 88.8 cm³/mol. The lowest BCUT2D eigenvalue weighted by molar-refractivity contribution is 0.631. The van der Waals surface area contributed by atoms with Crippen molar-refractivity contribution in [1.29, 1.82) is 0 Å². The van der Waals surface area contributed by atoms with E-state index in [2.05, 4.69) is 56.1 Å². The second-order valence-electron chi connectivity index (χ2n) is 6.41. The topological polar surface area (TPSA) is 49.6 Å². The van der Waals surface area contributed by atoms with Crippen LogP contribution < -0.4 is 9.80 Å². The van der Waals surface area contributed by atoms with Crippen LogP contribution in [0.15, 0.2) is 42.9 Å². The van der Waals surface area contributed by atoms with Crippen molar-refractivity contribution in [2.45, 2.75) is 25.4 Å². The summed E-state index contributed by atoms with van der Waals surface area (Å²) in [7, 11) is 0. The van der Waals surface area contributed by atoms with Gasteiger partial charge in [0.2, 0.25) is 0 Å². The van der Waals surface area contributed by atoms with E-state index in [9.17, 15) is 0 Å². The quantitative estimate of drug-likeness (QED) is 0.724. The molecule has 2 bridgehead atoms. The number of benzene rings is 1. The highest BCUT2D eigenvalue weighted by atomic mass is 15.4. The monoisotopic (exact) mass is 306 g/mol. The van der Waals surface area contributed by atoms with Crippen molar-refractivity contribution >= 4 is 17.3 Å². The average molecular weight is 306 g/mol. The zero-order valence-corrected chi connectivity index (χ0v) is 13.0. The van der Waals surface area contributed by atoms with E-state index in [1.54, 1.807) is 6.33 Å². The van der Waals surface area contributed by atoms with Crippen LogP contribution in [0.1, 0.15) is 12.0 Å². The molecule has 23 heavy (non-hydrogen) atoms. The second-order valence-corrected chi connectivity index (χ2v) is 6.41. The lowest BCUT2D eigenvalue weighted by atomic mass is 10.1. The van der Waals surface area contributed by atoms with E-state index < -0.39 is 0 Å². The van der Waals surface area contributed by atoms with Crippen LogP contribution in [0.2, 0.25) is 0 Å².